The lowest BCUT2D eigenvalue weighted by molar-refractivity contribution is -0.142. The monoisotopic (exact) mass is 284 g/mol. The average molecular weight is 284 g/mol. The van der Waals surface area contributed by atoms with Gasteiger partial charge in [-0.15, -0.1) is 0 Å². The van der Waals surface area contributed by atoms with E-state index in [1.165, 1.54) is 0 Å². The molecule has 0 atom stereocenters. The standard InChI is InChI=1S/C16H28O4/c1-7-16(5,6)12-14(18)20-11-10-19-13(17)8-9-15(2,3)4/h10-11H,7-9,12H2,1-6H3/b11-10-. The summed E-state index contributed by atoms with van der Waals surface area (Å²) in [6.45, 7) is 12.2. The molecule has 0 aliphatic carbocycles. The highest BCUT2D eigenvalue weighted by Crippen LogP contribution is 2.24. The lowest BCUT2D eigenvalue weighted by atomic mass is 9.87. The van der Waals surface area contributed by atoms with Gasteiger partial charge < -0.3 is 9.47 Å². The van der Waals surface area contributed by atoms with E-state index in [2.05, 4.69) is 20.8 Å². The zero-order valence-corrected chi connectivity index (χ0v) is 13.6. The predicted octanol–water partition coefficient (Wildman–Crippen LogP) is 4.20. The Morgan fingerprint density at radius 3 is 1.90 bits per heavy atom. The van der Waals surface area contributed by atoms with Gasteiger partial charge in [0.2, 0.25) is 0 Å². The summed E-state index contributed by atoms with van der Waals surface area (Å²) in [4.78, 5) is 22.9. The van der Waals surface area contributed by atoms with Gasteiger partial charge in [-0.2, -0.15) is 0 Å². The van der Waals surface area contributed by atoms with Crippen LogP contribution in [0.25, 0.3) is 0 Å². The molecule has 0 radical (unpaired) electrons. The molecule has 0 amide bonds. The van der Waals surface area contributed by atoms with E-state index in [1.54, 1.807) is 0 Å². The quantitative estimate of drug-likeness (QED) is 0.519. The van der Waals surface area contributed by atoms with Crippen LogP contribution in [0.3, 0.4) is 0 Å². The molecule has 4 nitrogen and oxygen atoms in total. The third-order valence-electron chi connectivity index (χ3n) is 3.11. The molecule has 0 aliphatic heterocycles. The molecule has 0 N–H and O–H groups in total. The van der Waals surface area contributed by atoms with E-state index in [-0.39, 0.29) is 22.8 Å². The van der Waals surface area contributed by atoms with Gasteiger partial charge in [0, 0.05) is 6.42 Å². The van der Waals surface area contributed by atoms with Gasteiger partial charge in [0.15, 0.2) is 0 Å². The lowest BCUT2D eigenvalue weighted by Gasteiger charge is -2.20. The van der Waals surface area contributed by atoms with E-state index < -0.39 is 0 Å². The Kier molecular flexibility index (Phi) is 7.54. The number of carbonyl (C=O) groups excluding carboxylic acids is 2. The molecule has 0 spiro atoms. The number of rotatable bonds is 7. The Hall–Kier alpha value is -1.32. The van der Waals surface area contributed by atoms with Gasteiger partial charge in [-0.25, -0.2) is 0 Å². The van der Waals surface area contributed by atoms with Crippen LogP contribution in [0.2, 0.25) is 0 Å². The second-order valence-corrected chi connectivity index (χ2v) is 7.01. The van der Waals surface area contributed by atoms with Crippen LogP contribution in [-0.2, 0) is 19.1 Å². The number of hydrogen-bond donors (Lipinski definition) is 0. The number of carbonyl (C=O) groups is 2. The van der Waals surface area contributed by atoms with Crippen LogP contribution >= 0.6 is 0 Å². The second-order valence-electron chi connectivity index (χ2n) is 7.01. The van der Waals surface area contributed by atoms with E-state index >= 15 is 0 Å². The van der Waals surface area contributed by atoms with Crippen molar-refractivity contribution in [2.24, 2.45) is 10.8 Å². The molecule has 0 rings (SSSR count). The van der Waals surface area contributed by atoms with E-state index in [0.29, 0.717) is 12.8 Å². The first-order chi connectivity index (χ1) is 9.06. The van der Waals surface area contributed by atoms with E-state index in [1.807, 2.05) is 20.8 Å². The summed E-state index contributed by atoms with van der Waals surface area (Å²) in [6.07, 6.45) is 4.60. The maximum Gasteiger partial charge on any atom is 0.311 e. The van der Waals surface area contributed by atoms with Crippen molar-refractivity contribution in [2.45, 2.75) is 67.2 Å². The van der Waals surface area contributed by atoms with Gasteiger partial charge in [-0.05, 0) is 17.3 Å². The first kappa shape index (κ1) is 18.7. The highest BCUT2D eigenvalue weighted by atomic mass is 16.6. The Bertz CT molecular complexity index is 348. The molecule has 116 valence electrons. The Morgan fingerprint density at radius 2 is 1.45 bits per heavy atom. The van der Waals surface area contributed by atoms with E-state index in [9.17, 15) is 9.59 Å². The minimum Gasteiger partial charge on any atom is -0.431 e. The summed E-state index contributed by atoms with van der Waals surface area (Å²) in [5.74, 6) is -0.639. The Morgan fingerprint density at radius 1 is 0.950 bits per heavy atom. The molecule has 0 saturated heterocycles. The maximum absolute atomic E-state index is 11.5. The number of esters is 2. The molecular weight excluding hydrogens is 256 g/mol. The fraction of sp³-hybridized carbons (Fsp3) is 0.750. The minimum absolute atomic E-state index is 0.0751. The van der Waals surface area contributed by atoms with Gasteiger partial charge in [-0.3, -0.25) is 9.59 Å². The van der Waals surface area contributed by atoms with Crippen molar-refractivity contribution < 1.29 is 19.1 Å². The normalized spacial score (nSPS) is 12.5. The van der Waals surface area contributed by atoms with Crippen molar-refractivity contribution in [3.05, 3.63) is 12.5 Å². The summed E-state index contributed by atoms with van der Waals surface area (Å²) < 4.78 is 9.73. The van der Waals surface area contributed by atoms with Gasteiger partial charge >= 0.3 is 11.9 Å². The van der Waals surface area contributed by atoms with Crippen LogP contribution in [0, 0.1) is 10.8 Å². The Labute approximate surface area is 122 Å². The molecule has 20 heavy (non-hydrogen) atoms. The minimum atomic E-state index is -0.321. The number of ether oxygens (including phenoxy) is 2. The summed E-state index contributed by atoms with van der Waals surface area (Å²) in [6, 6.07) is 0. The van der Waals surface area contributed by atoms with Gasteiger partial charge in [0.05, 0.1) is 6.42 Å². The summed E-state index contributed by atoms with van der Waals surface area (Å²) >= 11 is 0. The predicted molar refractivity (Wildman–Crippen MR) is 78.7 cm³/mol. The average Bonchev–Trinajstić information content (AvgIpc) is 2.30. The summed E-state index contributed by atoms with van der Waals surface area (Å²) in [7, 11) is 0. The molecule has 0 heterocycles. The highest BCUT2D eigenvalue weighted by molar-refractivity contribution is 5.71. The lowest BCUT2D eigenvalue weighted by Crippen LogP contribution is -2.16. The zero-order valence-electron chi connectivity index (χ0n) is 13.6. The third kappa shape index (κ3) is 10.6. The largest absolute Gasteiger partial charge is 0.431 e. The van der Waals surface area contributed by atoms with Crippen molar-refractivity contribution >= 4 is 11.9 Å². The Balaban J connectivity index is 3.92. The van der Waals surface area contributed by atoms with Crippen LogP contribution in [0.1, 0.15) is 67.2 Å². The zero-order chi connectivity index (χ0) is 15.8. The third-order valence-corrected chi connectivity index (χ3v) is 3.11. The molecule has 0 aromatic carbocycles. The van der Waals surface area contributed by atoms with Crippen LogP contribution in [0.5, 0.6) is 0 Å². The molecule has 0 aromatic rings. The van der Waals surface area contributed by atoms with Gasteiger partial charge in [0.1, 0.15) is 12.5 Å². The molecule has 0 fully saturated rings. The number of hydrogen-bond acceptors (Lipinski definition) is 4. The van der Waals surface area contributed by atoms with E-state index in [4.69, 9.17) is 9.47 Å². The van der Waals surface area contributed by atoms with Gasteiger partial charge in [-0.1, -0.05) is 48.0 Å². The second kappa shape index (κ2) is 8.08. The summed E-state index contributed by atoms with van der Waals surface area (Å²) in [5, 5.41) is 0. The molecule has 0 bridgehead atoms. The topological polar surface area (TPSA) is 52.6 Å². The fourth-order valence-electron chi connectivity index (χ4n) is 1.30. The van der Waals surface area contributed by atoms with Crippen LogP contribution in [0.4, 0.5) is 0 Å². The molecule has 0 aliphatic rings. The van der Waals surface area contributed by atoms with Crippen LogP contribution in [-0.4, -0.2) is 11.9 Å². The summed E-state index contributed by atoms with van der Waals surface area (Å²) in [5.41, 5.74) is 0.0231. The van der Waals surface area contributed by atoms with Gasteiger partial charge in [0.25, 0.3) is 0 Å². The van der Waals surface area contributed by atoms with Crippen molar-refractivity contribution in [2.75, 3.05) is 0 Å². The molecular formula is C16H28O4. The highest BCUT2D eigenvalue weighted by Gasteiger charge is 2.20. The maximum atomic E-state index is 11.5. The first-order valence-electron chi connectivity index (χ1n) is 7.10. The SMILES string of the molecule is CCC(C)(C)CC(=O)O/C=C\OC(=O)CCC(C)(C)C. The van der Waals surface area contributed by atoms with E-state index in [0.717, 1.165) is 25.4 Å². The van der Waals surface area contributed by atoms with Crippen molar-refractivity contribution in [3.63, 3.8) is 0 Å². The fourth-order valence-corrected chi connectivity index (χ4v) is 1.30. The first-order valence-corrected chi connectivity index (χ1v) is 7.10. The smallest absolute Gasteiger partial charge is 0.311 e. The van der Waals surface area contributed by atoms with Crippen LogP contribution < -0.4 is 0 Å². The molecule has 0 unspecified atom stereocenters. The van der Waals surface area contributed by atoms with Crippen LogP contribution in [0.15, 0.2) is 12.5 Å². The molecule has 0 saturated carbocycles. The van der Waals surface area contributed by atoms with Crippen molar-refractivity contribution in [1.29, 1.82) is 0 Å². The van der Waals surface area contributed by atoms with Crippen molar-refractivity contribution in [1.82, 2.24) is 0 Å². The molecule has 0 aromatic heterocycles. The molecule has 4 heteroatoms. The van der Waals surface area contributed by atoms with Crippen molar-refractivity contribution in [3.8, 4) is 0 Å².